The van der Waals surface area contributed by atoms with Gasteiger partial charge in [0.2, 0.25) is 5.91 Å². The number of hydrogen-bond acceptors (Lipinski definition) is 6. The van der Waals surface area contributed by atoms with Crippen LogP contribution in [0.3, 0.4) is 0 Å². The van der Waals surface area contributed by atoms with E-state index in [1.54, 1.807) is 7.05 Å². The molecule has 0 aliphatic carbocycles. The summed E-state index contributed by atoms with van der Waals surface area (Å²) in [6, 6.07) is 2.67. The van der Waals surface area contributed by atoms with Gasteiger partial charge in [0.15, 0.2) is 0 Å². The van der Waals surface area contributed by atoms with Crippen molar-refractivity contribution in [3.63, 3.8) is 0 Å². The van der Waals surface area contributed by atoms with E-state index in [0.717, 1.165) is 32.4 Å². The van der Waals surface area contributed by atoms with E-state index >= 15 is 0 Å². The molecule has 1 saturated heterocycles. The van der Waals surface area contributed by atoms with Gasteiger partial charge in [-0.25, -0.2) is 4.98 Å². The highest BCUT2D eigenvalue weighted by molar-refractivity contribution is 5.80. The lowest BCUT2D eigenvalue weighted by atomic mass is 10.1. The molecule has 1 aliphatic rings. The van der Waals surface area contributed by atoms with Crippen LogP contribution in [0.2, 0.25) is 0 Å². The molecule has 0 saturated carbocycles. The Morgan fingerprint density at radius 3 is 2.62 bits per heavy atom. The van der Waals surface area contributed by atoms with Crippen LogP contribution in [-0.2, 0) is 4.79 Å². The zero-order valence-corrected chi connectivity index (χ0v) is 12.0. The minimum absolute atomic E-state index is 0.00554. The summed E-state index contributed by atoms with van der Waals surface area (Å²) in [6.45, 7) is 1.66. The number of aromatic nitrogens is 1. The van der Waals surface area contributed by atoms with Gasteiger partial charge in [0.1, 0.15) is 11.6 Å². The van der Waals surface area contributed by atoms with Gasteiger partial charge in [-0.1, -0.05) is 0 Å². The largest absolute Gasteiger partial charge is 0.373 e. The van der Waals surface area contributed by atoms with Gasteiger partial charge in [0, 0.05) is 20.1 Å². The summed E-state index contributed by atoms with van der Waals surface area (Å²) in [5.74, 6) is 0.699. The number of amides is 1. The van der Waals surface area contributed by atoms with E-state index in [4.69, 9.17) is 0 Å². The van der Waals surface area contributed by atoms with Crippen LogP contribution < -0.4 is 10.6 Å². The molecular weight excluding hydrogens is 274 g/mol. The van der Waals surface area contributed by atoms with E-state index in [2.05, 4.69) is 15.6 Å². The molecule has 0 spiro atoms. The zero-order valence-electron chi connectivity index (χ0n) is 12.0. The van der Waals surface area contributed by atoms with Crippen molar-refractivity contribution in [2.24, 2.45) is 0 Å². The second kappa shape index (κ2) is 6.87. The Kier molecular flexibility index (Phi) is 4.91. The minimum atomic E-state index is -0.486. The number of rotatable bonds is 5. The number of pyridine rings is 1. The first-order valence-corrected chi connectivity index (χ1v) is 6.96. The quantitative estimate of drug-likeness (QED) is 0.629. The van der Waals surface area contributed by atoms with Crippen molar-refractivity contribution >= 4 is 23.2 Å². The Bertz CT molecular complexity index is 529. The first-order valence-electron chi connectivity index (χ1n) is 6.96. The Morgan fingerprint density at radius 1 is 1.33 bits per heavy atom. The van der Waals surface area contributed by atoms with E-state index in [9.17, 15) is 14.9 Å². The molecule has 0 bridgehead atoms. The molecule has 1 aliphatic heterocycles. The van der Waals surface area contributed by atoms with Crippen LogP contribution in [0.15, 0.2) is 12.1 Å². The molecule has 8 nitrogen and oxygen atoms in total. The van der Waals surface area contributed by atoms with Crippen LogP contribution in [-0.4, -0.2) is 47.4 Å². The van der Waals surface area contributed by atoms with E-state index in [1.165, 1.54) is 12.1 Å². The molecule has 8 heteroatoms. The fourth-order valence-electron chi connectivity index (χ4n) is 2.26. The number of carbonyl (C=O) groups excluding carboxylic acids is 1. The molecule has 0 atom stereocenters. The van der Waals surface area contributed by atoms with Crippen molar-refractivity contribution in [2.45, 2.75) is 19.3 Å². The van der Waals surface area contributed by atoms with E-state index in [1.807, 2.05) is 4.90 Å². The standard InChI is InChI=1S/C13H19N5O3/c1-14-11-7-10(18(20)21)8-12(16-11)15-9-13(19)17-5-3-2-4-6-17/h7-8H,2-6,9H2,1H3,(H2,14,15,16). The van der Waals surface area contributed by atoms with E-state index in [-0.39, 0.29) is 18.1 Å². The summed E-state index contributed by atoms with van der Waals surface area (Å²) in [5.41, 5.74) is -0.0673. The maximum atomic E-state index is 12.0. The van der Waals surface area contributed by atoms with Gasteiger partial charge in [-0.3, -0.25) is 14.9 Å². The molecule has 0 radical (unpaired) electrons. The number of nitrogens with zero attached hydrogens (tertiary/aromatic N) is 3. The second-order valence-electron chi connectivity index (χ2n) is 4.90. The number of hydrogen-bond donors (Lipinski definition) is 2. The Hall–Kier alpha value is -2.38. The molecule has 2 N–H and O–H groups in total. The first-order chi connectivity index (χ1) is 10.1. The lowest BCUT2D eigenvalue weighted by Gasteiger charge is -2.26. The normalized spacial score (nSPS) is 14.6. The van der Waals surface area contributed by atoms with Crippen molar-refractivity contribution in [1.29, 1.82) is 0 Å². The minimum Gasteiger partial charge on any atom is -0.373 e. The van der Waals surface area contributed by atoms with Crippen molar-refractivity contribution in [3.05, 3.63) is 22.2 Å². The highest BCUT2D eigenvalue weighted by Gasteiger charge is 2.17. The van der Waals surface area contributed by atoms with Crippen LogP contribution in [0.5, 0.6) is 0 Å². The molecule has 1 fully saturated rings. The van der Waals surface area contributed by atoms with Crippen molar-refractivity contribution in [1.82, 2.24) is 9.88 Å². The molecule has 1 amide bonds. The summed E-state index contributed by atoms with van der Waals surface area (Å²) in [6.07, 6.45) is 3.23. The van der Waals surface area contributed by atoms with E-state index in [0.29, 0.717) is 11.6 Å². The Labute approximate surface area is 122 Å². The van der Waals surface area contributed by atoms with Gasteiger partial charge >= 0.3 is 0 Å². The third-order valence-electron chi connectivity index (χ3n) is 3.41. The van der Waals surface area contributed by atoms with Crippen molar-refractivity contribution in [3.8, 4) is 0 Å². The SMILES string of the molecule is CNc1cc([N+](=O)[O-])cc(NCC(=O)N2CCCCC2)n1. The van der Waals surface area contributed by atoms with Gasteiger partial charge in [-0.15, -0.1) is 0 Å². The molecule has 2 rings (SSSR count). The highest BCUT2D eigenvalue weighted by atomic mass is 16.6. The topological polar surface area (TPSA) is 100 Å². The molecule has 2 heterocycles. The van der Waals surface area contributed by atoms with Gasteiger partial charge in [-0.2, -0.15) is 0 Å². The van der Waals surface area contributed by atoms with Gasteiger partial charge in [0.05, 0.1) is 23.6 Å². The van der Waals surface area contributed by atoms with Crippen LogP contribution >= 0.6 is 0 Å². The summed E-state index contributed by atoms with van der Waals surface area (Å²) < 4.78 is 0. The Balaban J connectivity index is 2.00. The van der Waals surface area contributed by atoms with Gasteiger partial charge in [0.25, 0.3) is 5.69 Å². The smallest absolute Gasteiger partial charge is 0.276 e. The molecule has 1 aromatic heterocycles. The predicted molar refractivity (Wildman–Crippen MR) is 79.4 cm³/mol. The molecule has 1 aromatic rings. The fraction of sp³-hybridized carbons (Fsp3) is 0.538. The number of nitro groups is 1. The fourth-order valence-corrected chi connectivity index (χ4v) is 2.26. The maximum absolute atomic E-state index is 12.0. The third kappa shape index (κ3) is 4.04. The van der Waals surface area contributed by atoms with Crippen LogP contribution in [0.25, 0.3) is 0 Å². The molecular formula is C13H19N5O3. The molecule has 0 unspecified atom stereocenters. The number of likely N-dealkylation sites (tertiary alicyclic amines) is 1. The summed E-state index contributed by atoms with van der Waals surface area (Å²) in [7, 11) is 1.63. The first kappa shape index (κ1) is 15.0. The van der Waals surface area contributed by atoms with E-state index < -0.39 is 4.92 Å². The number of piperidine rings is 1. The van der Waals surface area contributed by atoms with Gasteiger partial charge in [-0.05, 0) is 19.3 Å². The monoisotopic (exact) mass is 293 g/mol. The number of nitrogens with one attached hydrogen (secondary N) is 2. The van der Waals surface area contributed by atoms with Crippen LogP contribution in [0, 0.1) is 10.1 Å². The molecule has 21 heavy (non-hydrogen) atoms. The lowest BCUT2D eigenvalue weighted by molar-refractivity contribution is -0.384. The number of carbonyl (C=O) groups is 1. The van der Waals surface area contributed by atoms with Crippen LogP contribution in [0.4, 0.5) is 17.3 Å². The average Bonchev–Trinajstić information content (AvgIpc) is 2.53. The van der Waals surface area contributed by atoms with Gasteiger partial charge < -0.3 is 15.5 Å². The average molecular weight is 293 g/mol. The molecule has 114 valence electrons. The summed E-state index contributed by atoms with van der Waals surface area (Å²) in [5, 5.41) is 16.5. The second-order valence-corrected chi connectivity index (χ2v) is 4.90. The summed E-state index contributed by atoms with van der Waals surface area (Å²) >= 11 is 0. The Morgan fingerprint density at radius 2 is 2.00 bits per heavy atom. The predicted octanol–water partition coefficient (Wildman–Crippen LogP) is 1.46. The number of anilines is 2. The summed E-state index contributed by atoms with van der Waals surface area (Å²) in [4.78, 5) is 28.4. The molecule has 0 aromatic carbocycles. The van der Waals surface area contributed by atoms with Crippen molar-refractivity contribution in [2.75, 3.05) is 37.3 Å². The highest BCUT2D eigenvalue weighted by Crippen LogP contribution is 2.20. The zero-order chi connectivity index (χ0) is 15.2. The maximum Gasteiger partial charge on any atom is 0.276 e. The van der Waals surface area contributed by atoms with Crippen LogP contribution in [0.1, 0.15) is 19.3 Å². The lowest BCUT2D eigenvalue weighted by Crippen LogP contribution is -2.39. The third-order valence-corrected chi connectivity index (χ3v) is 3.41. The van der Waals surface area contributed by atoms with Crippen molar-refractivity contribution < 1.29 is 9.72 Å².